The van der Waals surface area contributed by atoms with Crippen LogP contribution in [0.15, 0.2) is 30.3 Å². The summed E-state index contributed by atoms with van der Waals surface area (Å²) in [5.74, 6) is 0.953. The molecule has 0 aromatic heterocycles. The summed E-state index contributed by atoms with van der Waals surface area (Å²) in [6.07, 6.45) is 5.62. The van der Waals surface area contributed by atoms with Crippen LogP contribution in [0.3, 0.4) is 0 Å². The SMILES string of the molecule is CC(C1CCC1)N1CCCNC(c2ccccc2)C1. The van der Waals surface area contributed by atoms with Crippen molar-refractivity contribution in [2.75, 3.05) is 19.6 Å². The fraction of sp³-hybridized carbons (Fsp3) is 0.647. The molecular formula is C17H26N2. The van der Waals surface area contributed by atoms with Gasteiger partial charge < -0.3 is 5.32 Å². The third-order valence-corrected chi connectivity index (χ3v) is 5.04. The number of hydrogen-bond acceptors (Lipinski definition) is 2. The number of rotatable bonds is 3. The van der Waals surface area contributed by atoms with Gasteiger partial charge in [-0.2, -0.15) is 0 Å². The predicted octanol–water partition coefficient (Wildman–Crippen LogP) is 3.21. The Morgan fingerprint density at radius 3 is 2.63 bits per heavy atom. The summed E-state index contributed by atoms with van der Waals surface area (Å²) in [5.41, 5.74) is 1.44. The number of hydrogen-bond donors (Lipinski definition) is 1. The van der Waals surface area contributed by atoms with Gasteiger partial charge in [0.05, 0.1) is 0 Å². The molecule has 0 bridgehead atoms. The number of benzene rings is 1. The quantitative estimate of drug-likeness (QED) is 0.895. The van der Waals surface area contributed by atoms with E-state index in [0.717, 1.165) is 18.5 Å². The van der Waals surface area contributed by atoms with Gasteiger partial charge >= 0.3 is 0 Å². The van der Waals surface area contributed by atoms with Crippen LogP contribution in [0, 0.1) is 5.92 Å². The maximum atomic E-state index is 3.72. The summed E-state index contributed by atoms with van der Waals surface area (Å²) >= 11 is 0. The molecule has 1 N–H and O–H groups in total. The predicted molar refractivity (Wildman–Crippen MR) is 80.2 cm³/mol. The van der Waals surface area contributed by atoms with Crippen molar-refractivity contribution < 1.29 is 0 Å². The maximum absolute atomic E-state index is 3.72. The first kappa shape index (κ1) is 13.1. The van der Waals surface area contributed by atoms with E-state index in [4.69, 9.17) is 0 Å². The van der Waals surface area contributed by atoms with Gasteiger partial charge in [-0.05, 0) is 50.8 Å². The van der Waals surface area contributed by atoms with Crippen LogP contribution < -0.4 is 5.32 Å². The van der Waals surface area contributed by atoms with Crippen molar-refractivity contribution in [3.05, 3.63) is 35.9 Å². The number of nitrogens with one attached hydrogen (secondary N) is 1. The van der Waals surface area contributed by atoms with Crippen LogP contribution in [-0.4, -0.2) is 30.6 Å². The smallest absolute Gasteiger partial charge is 0.0449 e. The molecule has 104 valence electrons. The molecule has 1 aliphatic heterocycles. The normalized spacial score (nSPS) is 27.5. The molecule has 2 heteroatoms. The molecule has 2 atom stereocenters. The van der Waals surface area contributed by atoms with Crippen molar-refractivity contribution in [2.45, 2.75) is 44.7 Å². The maximum Gasteiger partial charge on any atom is 0.0449 e. The molecule has 1 aromatic carbocycles. The minimum Gasteiger partial charge on any atom is -0.309 e. The van der Waals surface area contributed by atoms with Gasteiger partial charge in [-0.25, -0.2) is 0 Å². The van der Waals surface area contributed by atoms with Crippen molar-refractivity contribution in [1.82, 2.24) is 10.2 Å². The third-order valence-electron chi connectivity index (χ3n) is 5.04. The Morgan fingerprint density at radius 1 is 1.16 bits per heavy atom. The fourth-order valence-electron chi connectivity index (χ4n) is 3.45. The second kappa shape index (κ2) is 6.06. The van der Waals surface area contributed by atoms with E-state index in [0.29, 0.717) is 6.04 Å². The molecule has 1 aromatic rings. The summed E-state index contributed by atoms with van der Waals surface area (Å²) in [5, 5.41) is 3.72. The molecule has 0 spiro atoms. The van der Waals surface area contributed by atoms with Crippen molar-refractivity contribution >= 4 is 0 Å². The monoisotopic (exact) mass is 258 g/mol. The van der Waals surface area contributed by atoms with Crippen LogP contribution in [-0.2, 0) is 0 Å². The minimum absolute atomic E-state index is 0.506. The molecule has 3 rings (SSSR count). The molecule has 19 heavy (non-hydrogen) atoms. The lowest BCUT2D eigenvalue weighted by Gasteiger charge is -2.39. The highest BCUT2D eigenvalue weighted by Crippen LogP contribution is 2.33. The van der Waals surface area contributed by atoms with Crippen LogP contribution in [0.1, 0.15) is 44.2 Å². The Morgan fingerprint density at radius 2 is 1.95 bits per heavy atom. The molecular weight excluding hydrogens is 232 g/mol. The van der Waals surface area contributed by atoms with E-state index < -0.39 is 0 Å². The summed E-state index contributed by atoms with van der Waals surface area (Å²) < 4.78 is 0. The summed E-state index contributed by atoms with van der Waals surface area (Å²) in [6.45, 7) is 6.01. The molecule has 1 saturated heterocycles. The number of nitrogens with zero attached hydrogens (tertiary/aromatic N) is 1. The molecule has 1 aliphatic carbocycles. The largest absolute Gasteiger partial charge is 0.309 e. The first-order chi connectivity index (χ1) is 9.34. The van der Waals surface area contributed by atoms with E-state index >= 15 is 0 Å². The highest BCUT2D eigenvalue weighted by Gasteiger charge is 2.30. The van der Waals surface area contributed by atoms with E-state index in [2.05, 4.69) is 47.5 Å². The Labute approximate surface area is 117 Å². The van der Waals surface area contributed by atoms with Crippen LogP contribution >= 0.6 is 0 Å². The third kappa shape index (κ3) is 3.01. The molecule has 2 fully saturated rings. The molecule has 1 heterocycles. The topological polar surface area (TPSA) is 15.3 Å². The molecule has 2 nitrogen and oxygen atoms in total. The van der Waals surface area contributed by atoms with E-state index in [-0.39, 0.29) is 0 Å². The Balaban J connectivity index is 1.68. The second-order valence-electron chi connectivity index (χ2n) is 6.20. The second-order valence-corrected chi connectivity index (χ2v) is 6.20. The van der Waals surface area contributed by atoms with Gasteiger partial charge in [0.15, 0.2) is 0 Å². The standard InChI is InChI=1S/C17H26N2/c1-14(15-9-5-10-15)19-12-6-11-18-17(13-19)16-7-3-2-4-8-16/h2-4,7-8,14-15,17-18H,5-6,9-13H2,1H3. The van der Waals surface area contributed by atoms with Gasteiger partial charge in [0.2, 0.25) is 0 Å². The zero-order valence-corrected chi connectivity index (χ0v) is 12.0. The lowest BCUT2D eigenvalue weighted by molar-refractivity contribution is 0.106. The average Bonchev–Trinajstić information content (AvgIpc) is 2.63. The lowest BCUT2D eigenvalue weighted by atomic mass is 9.79. The average molecular weight is 258 g/mol. The fourth-order valence-corrected chi connectivity index (χ4v) is 3.45. The van der Waals surface area contributed by atoms with Gasteiger partial charge in [0.1, 0.15) is 0 Å². The molecule has 0 amide bonds. The zero-order chi connectivity index (χ0) is 13.1. The van der Waals surface area contributed by atoms with Crippen molar-refractivity contribution in [3.63, 3.8) is 0 Å². The first-order valence-electron chi connectivity index (χ1n) is 7.87. The summed E-state index contributed by atoms with van der Waals surface area (Å²) in [7, 11) is 0. The van der Waals surface area contributed by atoms with Gasteiger partial charge in [0, 0.05) is 18.6 Å². The van der Waals surface area contributed by atoms with Gasteiger partial charge in [-0.15, -0.1) is 0 Å². The Bertz CT molecular complexity index is 386. The lowest BCUT2D eigenvalue weighted by Crippen LogP contribution is -2.43. The Kier molecular flexibility index (Phi) is 4.19. The van der Waals surface area contributed by atoms with E-state index in [1.165, 1.54) is 44.3 Å². The first-order valence-corrected chi connectivity index (χ1v) is 7.87. The summed E-state index contributed by atoms with van der Waals surface area (Å²) in [6, 6.07) is 12.2. The van der Waals surface area contributed by atoms with Crippen molar-refractivity contribution in [1.29, 1.82) is 0 Å². The van der Waals surface area contributed by atoms with Crippen LogP contribution in [0.2, 0.25) is 0 Å². The van der Waals surface area contributed by atoms with Gasteiger partial charge in [-0.3, -0.25) is 4.90 Å². The minimum atomic E-state index is 0.506. The van der Waals surface area contributed by atoms with E-state index in [1.54, 1.807) is 0 Å². The van der Waals surface area contributed by atoms with Gasteiger partial charge in [-0.1, -0.05) is 36.8 Å². The van der Waals surface area contributed by atoms with Gasteiger partial charge in [0.25, 0.3) is 0 Å². The molecule has 1 saturated carbocycles. The van der Waals surface area contributed by atoms with Crippen molar-refractivity contribution in [2.24, 2.45) is 5.92 Å². The highest BCUT2D eigenvalue weighted by molar-refractivity contribution is 5.19. The van der Waals surface area contributed by atoms with Crippen molar-refractivity contribution in [3.8, 4) is 0 Å². The Hall–Kier alpha value is -0.860. The highest BCUT2D eigenvalue weighted by atomic mass is 15.2. The summed E-state index contributed by atoms with van der Waals surface area (Å²) in [4.78, 5) is 2.72. The van der Waals surface area contributed by atoms with Crippen LogP contribution in [0.25, 0.3) is 0 Å². The molecule has 2 unspecified atom stereocenters. The molecule has 0 radical (unpaired) electrons. The van der Waals surface area contributed by atoms with E-state index in [9.17, 15) is 0 Å². The zero-order valence-electron chi connectivity index (χ0n) is 12.0. The van der Waals surface area contributed by atoms with Crippen LogP contribution in [0.4, 0.5) is 0 Å². The van der Waals surface area contributed by atoms with E-state index in [1.807, 2.05) is 0 Å². The molecule has 2 aliphatic rings. The van der Waals surface area contributed by atoms with Crippen LogP contribution in [0.5, 0.6) is 0 Å².